The lowest BCUT2D eigenvalue weighted by Crippen LogP contribution is -2.47. The number of nitrogen functional groups attached to an aromatic ring is 1. The number of nitrogens with two attached hydrogens (primary N) is 1. The van der Waals surface area contributed by atoms with Crippen LogP contribution in [-0.2, 0) is 4.79 Å². The first kappa shape index (κ1) is 13.4. The number of rotatable bonds is 4. The number of anilines is 1. The predicted molar refractivity (Wildman–Crippen MR) is 61.8 cm³/mol. The number of aliphatic carboxylic acids is 1. The zero-order valence-electron chi connectivity index (χ0n) is 9.30. The molecule has 0 saturated heterocycles. The molecule has 0 saturated carbocycles. The number of carbonyl (C=O) groups excluding carboxylic acids is 1. The second-order valence-electron chi connectivity index (χ2n) is 3.50. The van der Waals surface area contributed by atoms with Gasteiger partial charge in [0.2, 0.25) is 0 Å². The van der Waals surface area contributed by atoms with Gasteiger partial charge in [0.1, 0.15) is 4.88 Å². The van der Waals surface area contributed by atoms with Crippen LogP contribution in [0.4, 0.5) is 5.13 Å². The van der Waals surface area contributed by atoms with Crippen molar-refractivity contribution in [3.05, 3.63) is 10.6 Å². The van der Waals surface area contributed by atoms with Crippen LogP contribution in [0.25, 0.3) is 0 Å². The normalized spacial score (nSPS) is 14.1. The van der Waals surface area contributed by atoms with E-state index in [1.807, 2.05) is 0 Å². The Labute approximate surface area is 101 Å². The van der Waals surface area contributed by atoms with Crippen molar-refractivity contribution < 1.29 is 19.8 Å². The molecule has 0 aliphatic heterocycles. The van der Waals surface area contributed by atoms with Crippen molar-refractivity contribution in [2.75, 3.05) is 5.73 Å². The lowest BCUT2D eigenvalue weighted by molar-refractivity contribution is -0.141. The summed E-state index contributed by atoms with van der Waals surface area (Å²) in [7, 11) is 0. The van der Waals surface area contributed by atoms with Crippen LogP contribution in [0.3, 0.4) is 0 Å². The van der Waals surface area contributed by atoms with E-state index in [1.165, 1.54) is 6.92 Å². The molecule has 0 unspecified atom stereocenters. The second-order valence-corrected chi connectivity index (χ2v) is 4.53. The van der Waals surface area contributed by atoms with E-state index in [9.17, 15) is 14.7 Å². The number of hydrogen-bond donors (Lipinski definition) is 4. The summed E-state index contributed by atoms with van der Waals surface area (Å²) in [6, 6.07) is -1.36. The van der Waals surface area contributed by atoms with Crippen LogP contribution in [0.15, 0.2) is 0 Å². The number of nitrogens with zero attached hydrogens (tertiary/aromatic N) is 1. The maximum atomic E-state index is 11.7. The van der Waals surface area contributed by atoms with Crippen LogP contribution < -0.4 is 11.1 Å². The van der Waals surface area contributed by atoms with E-state index >= 15 is 0 Å². The molecule has 2 atom stereocenters. The maximum Gasteiger partial charge on any atom is 0.328 e. The molecule has 7 nitrogen and oxygen atoms in total. The zero-order valence-corrected chi connectivity index (χ0v) is 10.1. The van der Waals surface area contributed by atoms with Gasteiger partial charge in [0, 0.05) is 0 Å². The number of nitrogens with one attached hydrogen (secondary N) is 1. The summed E-state index contributed by atoms with van der Waals surface area (Å²) >= 11 is 0.968. The SMILES string of the molecule is Cc1nc(N)sc1C(=O)N[C@H](C(=O)O)[C@@H](C)O. The summed E-state index contributed by atoms with van der Waals surface area (Å²) in [6.07, 6.45) is -1.19. The van der Waals surface area contributed by atoms with Gasteiger partial charge in [-0.3, -0.25) is 4.79 Å². The molecule has 94 valence electrons. The standard InChI is InChI=1S/C9H13N3O4S/c1-3-6(17-9(10)11-3)7(14)12-5(4(2)13)8(15)16/h4-5,13H,1-2H3,(H2,10,11)(H,12,14)(H,15,16)/t4-,5+/m1/s1. The first-order valence-corrected chi connectivity index (χ1v) is 5.59. The molecule has 1 heterocycles. The molecule has 1 amide bonds. The van der Waals surface area contributed by atoms with Crippen molar-refractivity contribution in [2.24, 2.45) is 0 Å². The number of carboxylic acids is 1. The van der Waals surface area contributed by atoms with E-state index in [0.29, 0.717) is 5.69 Å². The smallest absolute Gasteiger partial charge is 0.328 e. The fourth-order valence-electron chi connectivity index (χ4n) is 1.22. The molecule has 0 spiro atoms. The number of aryl methyl sites for hydroxylation is 1. The van der Waals surface area contributed by atoms with Crippen LogP contribution in [-0.4, -0.2) is 39.2 Å². The Morgan fingerprint density at radius 2 is 2.12 bits per heavy atom. The van der Waals surface area contributed by atoms with Gasteiger partial charge in [-0.25, -0.2) is 9.78 Å². The van der Waals surface area contributed by atoms with Gasteiger partial charge >= 0.3 is 5.97 Å². The van der Waals surface area contributed by atoms with E-state index in [2.05, 4.69) is 10.3 Å². The van der Waals surface area contributed by atoms with Crippen LogP contribution in [0.1, 0.15) is 22.3 Å². The number of thiazole rings is 1. The molecule has 1 aromatic rings. The first-order chi connectivity index (χ1) is 7.82. The fraction of sp³-hybridized carbons (Fsp3) is 0.444. The van der Waals surface area contributed by atoms with E-state index < -0.39 is 24.0 Å². The third-order valence-electron chi connectivity index (χ3n) is 2.05. The largest absolute Gasteiger partial charge is 0.480 e. The fourth-order valence-corrected chi connectivity index (χ4v) is 1.96. The lowest BCUT2D eigenvalue weighted by atomic mass is 10.2. The second kappa shape index (κ2) is 5.11. The highest BCUT2D eigenvalue weighted by molar-refractivity contribution is 7.17. The quantitative estimate of drug-likeness (QED) is 0.583. The van der Waals surface area contributed by atoms with Crippen molar-refractivity contribution >= 4 is 28.3 Å². The third-order valence-corrected chi connectivity index (χ3v) is 3.04. The lowest BCUT2D eigenvalue weighted by Gasteiger charge is -2.16. The Hall–Kier alpha value is -1.67. The summed E-state index contributed by atoms with van der Waals surface area (Å²) in [5.41, 5.74) is 5.86. The Kier molecular flexibility index (Phi) is 4.02. The summed E-state index contributed by atoms with van der Waals surface area (Å²) in [4.78, 5) is 26.6. The average molecular weight is 259 g/mol. The summed E-state index contributed by atoms with van der Waals surface area (Å²) in [5, 5.41) is 20.5. The van der Waals surface area contributed by atoms with Crippen LogP contribution in [0, 0.1) is 6.92 Å². The summed E-state index contributed by atoms with van der Waals surface area (Å²) < 4.78 is 0. The molecule has 1 rings (SSSR count). The molecular weight excluding hydrogens is 246 g/mol. The van der Waals surface area contributed by atoms with Gasteiger partial charge in [0.15, 0.2) is 11.2 Å². The third kappa shape index (κ3) is 3.14. The molecule has 0 aliphatic carbocycles. The Balaban J connectivity index is 2.85. The summed E-state index contributed by atoms with van der Waals surface area (Å²) in [5.74, 6) is -1.91. The van der Waals surface area contributed by atoms with E-state index in [1.54, 1.807) is 6.92 Å². The summed E-state index contributed by atoms with van der Waals surface area (Å²) in [6.45, 7) is 2.88. The molecule has 5 N–H and O–H groups in total. The minimum absolute atomic E-state index is 0.233. The predicted octanol–water partition coefficient (Wildman–Crippen LogP) is -0.402. The van der Waals surface area contributed by atoms with Crippen LogP contribution >= 0.6 is 11.3 Å². The molecule has 0 aliphatic rings. The van der Waals surface area contributed by atoms with Crippen molar-refractivity contribution in [3.63, 3.8) is 0 Å². The molecular formula is C9H13N3O4S. The molecule has 17 heavy (non-hydrogen) atoms. The Morgan fingerprint density at radius 1 is 1.53 bits per heavy atom. The molecule has 0 fully saturated rings. The van der Waals surface area contributed by atoms with Gasteiger partial charge in [0.05, 0.1) is 11.8 Å². The average Bonchev–Trinajstić information content (AvgIpc) is 2.53. The van der Waals surface area contributed by atoms with E-state index in [-0.39, 0.29) is 10.0 Å². The van der Waals surface area contributed by atoms with Crippen LogP contribution in [0.5, 0.6) is 0 Å². The van der Waals surface area contributed by atoms with Gasteiger partial charge in [-0.1, -0.05) is 11.3 Å². The highest BCUT2D eigenvalue weighted by Gasteiger charge is 2.26. The van der Waals surface area contributed by atoms with Gasteiger partial charge in [-0.15, -0.1) is 0 Å². The monoisotopic (exact) mass is 259 g/mol. The number of carboxylic acid groups (broad SMARTS) is 1. The maximum absolute atomic E-state index is 11.7. The number of aliphatic hydroxyl groups is 1. The number of aromatic nitrogens is 1. The Morgan fingerprint density at radius 3 is 2.47 bits per heavy atom. The van der Waals surface area contributed by atoms with Crippen molar-refractivity contribution in [1.82, 2.24) is 10.3 Å². The number of carbonyl (C=O) groups is 2. The molecule has 0 aromatic carbocycles. The highest BCUT2D eigenvalue weighted by Crippen LogP contribution is 2.19. The van der Waals surface area contributed by atoms with Crippen molar-refractivity contribution in [1.29, 1.82) is 0 Å². The first-order valence-electron chi connectivity index (χ1n) is 4.77. The minimum Gasteiger partial charge on any atom is -0.480 e. The van der Waals surface area contributed by atoms with Gasteiger partial charge < -0.3 is 21.3 Å². The van der Waals surface area contributed by atoms with Gasteiger partial charge in [-0.05, 0) is 13.8 Å². The van der Waals surface area contributed by atoms with Gasteiger partial charge in [-0.2, -0.15) is 0 Å². The Bertz CT molecular complexity index is 443. The number of amides is 1. The molecule has 8 heteroatoms. The van der Waals surface area contributed by atoms with Gasteiger partial charge in [0.25, 0.3) is 5.91 Å². The number of aliphatic hydroxyl groups excluding tert-OH is 1. The topological polar surface area (TPSA) is 126 Å². The molecule has 1 aromatic heterocycles. The number of hydrogen-bond acceptors (Lipinski definition) is 6. The van der Waals surface area contributed by atoms with Crippen LogP contribution in [0.2, 0.25) is 0 Å². The zero-order chi connectivity index (χ0) is 13.2. The van der Waals surface area contributed by atoms with E-state index in [0.717, 1.165) is 11.3 Å². The molecule has 0 radical (unpaired) electrons. The highest BCUT2D eigenvalue weighted by atomic mass is 32.1. The van der Waals surface area contributed by atoms with Crippen molar-refractivity contribution in [3.8, 4) is 0 Å². The minimum atomic E-state index is -1.36. The van der Waals surface area contributed by atoms with E-state index in [4.69, 9.17) is 10.8 Å². The molecule has 0 bridgehead atoms. The van der Waals surface area contributed by atoms with Crippen molar-refractivity contribution in [2.45, 2.75) is 26.0 Å².